The van der Waals surface area contributed by atoms with Gasteiger partial charge in [-0.25, -0.2) is 8.42 Å². The maximum atomic E-state index is 13.0. The number of hydrogen-bond donors (Lipinski definition) is 1. The number of benzene rings is 2. The first-order valence-electron chi connectivity index (χ1n) is 10.0. The number of piperidine rings is 1. The Hall–Kier alpha value is -2.09. The maximum absolute atomic E-state index is 13.0. The van der Waals surface area contributed by atoms with E-state index in [1.807, 2.05) is 39.0 Å². The number of carbonyl (C=O) groups excluding carboxylic acids is 1. The largest absolute Gasteiger partial charge is 0.492 e. The van der Waals surface area contributed by atoms with Crippen molar-refractivity contribution in [2.75, 3.05) is 25.0 Å². The summed E-state index contributed by atoms with van der Waals surface area (Å²) in [5.74, 6) is 0.169. The van der Waals surface area contributed by atoms with Gasteiger partial charge in [0.15, 0.2) is 0 Å². The van der Waals surface area contributed by atoms with E-state index >= 15 is 0 Å². The van der Waals surface area contributed by atoms with Crippen molar-refractivity contribution in [2.45, 2.75) is 38.5 Å². The van der Waals surface area contributed by atoms with E-state index < -0.39 is 10.0 Å². The molecule has 2 aromatic rings. The van der Waals surface area contributed by atoms with Crippen LogP contribution in [-0.2, 0) is 14.8 Å². The molecule has 0 radical (unpaired) electrons. The van der Waals surface area contributed by atoms with Crippen molar-refractivity contribution in [1.82, 2.24) is 4.31 Å². The number of nitrogens with zero attached hydrogens (tertiary/aromatic N) is 1. The normalized spacial score (nSPS) is 15.7. The molecule has 1 aliphatic heterocycles. The molecular weight excluding hydrogens is 424 g/mol. The summed E-state index contributed by atoms with van der Waals surface area (Å²) < 4.78 is 32.7. The van der Waals surface area contributed by atoms with Gasteiger partial charge in [0.1, 0.15) is 5.75 Å². The van der Waals surface area contributed by atoms with Crippen LogP contribution in [0.25, 0.3) is 0 Å². The molecule has 1 amide bonds. The molecule has 1 N–H and O–H groups in total. The Bertz CT molecular complexity index is 1010. The monoisotopic (exact) mass is 450 g/mol. The minimum Gasteiger partial charge on any atom is -0.492 e. The Morgan fingerprint density at radius 1 is 1.13 bits per heavy atom. The molecule has 0 bridgehead atoms. The average Bonchev–Trinajstić information content (AvgIpc) is 2.69. The third-order valence-electron chi connectivity index (χ3n) is 5.15. The van der Waals surface area contributed by atoms with Gasteiger partial charge in [0, 0.05) is 24.7 Å². The van der Waals surface area contributed by atoms with Crippen LogP contribution in [0, 0.1) is 19.8 Å². The Labute approximate surface area is 183 Å². The first-order valence-corrected chi connectivity index (χ1v) is 11.8. The summed E-state index contributed by atoms with van der Waals surface area (Å²) in [6.07, 6.45) is 0.946. The molecule has 162 valence electrons. The van der Waals surface area contributed by atoms with Crippen LogP contribution in [0.5, 0.6) is 5.75 Å². The molecule has 0 spiro atoms. The van der Waals surface area contributed by atoms with E-state index in [4.69, 9.17) is 16.3 Å². The van der Waals surface area contributed by atoms with Crippen molar-refractivity contribution in [3.63, 3.8) is 0 Å². The molecular formula is C22H27ClN2O4S. The molecule has 1 aliphatic rings. The SMILES string of the molecule is CCOc1ccc(S(=O)(=O)N2CCC(C(=O)Nc3cc(C)cc(C)c3)CC2)cc1Cl. The van der Waals surface area contributed by atoms with E-state index in [1.165, 1.54) is 16.4 Å². The zero-order valence-electron chi connectivity index (χ0n) is 17.4. The summed E-state index contributed by atoms with van der Waals surface area (Å²) in [6, 6.07) is 10.4. The van der Waals surface area contributed by atoms with E-state index in [-0.39, 0.29) is 34.8 Å². The topological polar surface area (TPSA) is 75.7 Å². The second-order valence-corrected chi connectivity index (χ2v) is 9.91. The summed E-state index contributed by atoms with van der Waals surface area (Å²) in [5, 5.41) is 3.23. The number of aryl methyl sites for hydroxylation is 2. The molecule has 1 fully saturated rings. The van der Waals surface area contributed by atoms with Crippen LogP contribution in [0.1, 0.15) is 30.9 Å². The van der Waals surface area contributed by atoms with Crippen molar-refractivity contribution in [1.29, 1.82) is 0 Å². The number of carbonyl (C=O) groups is 1. The number of hydrogen-bond acceptors (Lipinski definition) is 4. The molecule has 0 saturated carbocycles. The Kier molecular flexibility index (Phi) is 7.06. The van der Waals surface area contributed by atoms with Gasteiger partial charge in [0.05, 0.1) is 16.5 Å². The van der Waals surface area contributed by atoms with Crippen LogP contribution in [0.3, 0.4) is 0 Å². The smallest absolute Gasteiger partial charge is 0.243 e. The second-order valence-electron chi connectivity index (χ2n) is 7.57. The van der Waals surface area contributed by atoms with Gasteiger partial charge in [-0.15, -0.1) is 0 Å². The molecule has 0 atom stereocenters. The fraction of sp³-hybridized carbons (Fsp3) is 0.409. The predicted octanol–water partition coefficient (Wildman–Crippen LogP) is 4.39. The number of anilines is 1. The standard InChI is InChI=1S/C22H27ClN2O4S/c1-4-29-21-6-5-19(14-20(21)23)30(27,28)25-9-7-17(8-10-25)22(26)24-18-12-15(2)11-16(3)13-18/h5-6,11-14,17H,4,7-10H2,1-3H3,(H,24,26). The first kappa shape index (κ1) is 22.6. The fourth-order valence-corrected chi connectivity index (χ4v) is 5.51. The highest BCUT2D eigenvalue weighted by Crippen LogP contribution is 2.30. The number of halogens is 1. The van der Waals surface area contributed by atoms with E-state index in [1.54, 1.807) is 6.07 Å². The quantitative estimate of drug-likeness (QED) is 0.707. The lowest BCUT2D eigenvalue weighted by atomic mass is 9.97. The fourth-order valence-electron chi connectivity index (χ4n) is 3.71. The minimum atomic E-state index is -3.67. The highest BCUT2D eigenvalue weighted by atomic mass is 35.5. The lowest BCUT2D eigenvalue weighted by Gasteiger charge is -2.30. The minimum absolute atomic E-state index is 0.0684. The Morgan fingerprint density at radius 2 is 1.77 bits per heavy atom. The molecule has 3 rings (SSSR count). The summed E-state index contributed by atoms with van der Waals surface area (Å²) in [6.45, 7) is 6.83. The maximum Gasteiger partial charge on any atom is 0.243 e. The van der Waals surface area contributed by atoms with Crippen LogP contribution in [-0.4, -0.2) is 38.3 Å². The first-order chi connectivity index (χ1) is 14.2. The molecule has 0 aromatic heterocycles. The molecule has 1 saturated heterocycles. The lowest BCUT2D eigenvalue weighted by Crippen LogP contribution is -2.41. The predicted molar refractivity (Wildman–Crippen MR) is 119 cm³/mol. The Balaban J connectivity index is 1.64. The van der Waals surface area contributed by atoms with Gasteiger partial charge in [0.2, 0.25) is 15.9 Å². The lowest BCUT2D eigenvalue weighted by molar-refractivity contribution is -0.120. The second kappa shape index (κ2) is 9.37. The summed E-state index contributed by atoms with van der Waals surface area (Å²) in [4.78, 5) is 12.8. The van der Waals surface area contributed by atoms with Gasteiger partial charge < -0.3 is 10.1 Å². The molecule has 6 nitrogen and oxygen atoms in total. The van der Waals surface area contributed by atoms with E-state index in [0.29, 0.717) is 25.2 Å². The highest BCUT2D eigenvalue weighted by Gasteiger charge is 2.32. The molecule has 0 unspecified atom stereocenters. The van der Waals surface area contributed by atoms with Crippen molar-refractivity contribution in [2.24, 2.45) is 5.92 Å². The van der Waals surface area contributed by atoms with Crippen molar-refractivity contribution in [3.8, 4) is 5.75 Å². The summed E-state index contributed by atoms with van der Waals surface area (Å²) >= 11 is 6.16. The van der Waals surface area contributed by atoms with Gasteiger partial charge in [-0.3, -0.25) is 4.79 Å². The van der Waals surface area contributed by atoms with E-state index in [2.05, 4.69) is 5.32 Å². The summed E-state index contributed by atoms with van der Waals surface area (Å²) in [5.41, 5.74) is 2.94. The van der Waals surface area contributed by atoms with Gasteiger partial charge in [0.25, 0.3) is 0 Å². The number of ether oxygens (including phenoxy) is 1. The van der Waals surface area contributed by atoms with Crippen LogP contribution < -0.4 is 10.1 Å². The average molecular weight is 451 g/mol. The van der Waals surface area contributed by atoms with Crippen LogP contribution in [0.4, 0.5) is 5.69 Å². The number of rotatable bonds is 6. The van der Waals surface area contributed by atoms with Crippen molar-refractivity contribution >= 4 is 33.2 Å². The van der Waals surface area contributed by atoms with Crippen molar-refractivity contribution < 1.29 is 17.9 Å². The number of sulfonamides is 1. The zero-order valence-corrected chi connectivity index (χ0v) is 19.0. The number of nitrogens with one attached hydrogen (secondary N) is 1. The highest BCUT2D eigenvalue weighted by molar-refractivity contribution is 7.89. The molecule has 0 aliphatic carbocycles. The van der Waals surface area contributed by atoms with Gasteiger partial charge in [-0.2, -0.15) is 4.31 Å². The third kappa shape index (κ3) is 5.14. The summed E-state index contributed by atoms with van der Waals surface area (Å²) in [7, 11) is -3.67. The van der Waals surface area contributed by atoms with Gasteiger partial charge in [-0.1, -0.05) is 17.7 Å². The molecule has 1 heterocycles. The molecule has 30 heavy (non-hydrogen) atoms. The Morgan fingerprint density at radius 3 is 2.33 bits per heavy atom. The molecule has 8 heteroatoms. The molecule has 2 aromatic carbocycles. The van der Waals surface area contributed by atoms with E-state index in [9.17, 15) is 13.2 Å². The van der Waals surface area contributed by atoms with Crippen molar-refractivity contribution in [3.05, 3.63) is 52.5 Å². The third-order valence-corrected chi connectivity index (χ3v) is 7.34. The van der Waals surface area contributed by atoms with Crippen LogP contribution >= 0.6 is 11.6 Å². The van der Waals surface area contributed by atoms with Crippen LogP contribution in [0.15, 0.2) is 41.3 Å². The van der Waals surface area contributed by atoms with Gasteiger partial charge >= 0.3 is 0 Å². The number of amides is 1. The zero-order chi connectivity index (χ0) is 21.9. The van der Waals surface area contributed by atoms with E-state index in [0.717, 1.165) is 16.8 Å². The van der Waals surface area contributed by atoms with Gasteiger partial charge in [-0.05, 0) is 75.1 Å². The van der Waals surface area contributed by atoms with Crippen LogP contribution in [0.2, 0.25) is 5.02 Å².